The highest BCUT2D eigenvalue weighted by Crippen LogP contribution is 2.39. The van der Waals surface area contributed by atoms with Gasteiger partial charge >= 0.3 is 0 Å². The largest absolute Gasteiger partial charge is 0.493 e. The minimum absolute atomic E-state index is 0.239. The lowest BCUT2D eigenvalue weighted by Gasteiger charge is -2.29. The van der Waals surface area contributed by atoms with Gasteiger partial charge in [-0.1, -0.05) is 18.2 Å². The summed E-state index contributed by atoms with van der Waals surface area (Å²) >= 11 is 0. The van der Waals surface area contributed by atoms with Crippen LogP contribution in [-0.4, -0.2) is 54.8 Å². The number of fused-ring (bicyclic) bond motifs is 1. The van der Waals surface area contributed by atoms with Crippen LogP contribution in [0.25, 0.3) is 10.9 Å². The molecule has 2 aromatic carbocycles. The van der Waals surface area contributed by atoms with E-state index in [4.69, 9.17) is 4.74 Å². The van der Waals surface area contributed by atoms with Crippen LogP contribution in [-0.2, 0) is 23.4 Å². The third-order valence-electron chi connectivity index (χ3n) is 6.32. The zero-order valence-electron chi connectivity index (χ0n) is 18.4. The predicted molar refractivity (Wildman–Crippen MR) is 123 cm³/mol. The van der Waals surface area contributed by atoms with Gasteiger partial charge in [0.05, 0.1) is 23.7 Å². The minimum atomic E-state index is -3.26. The Morgan fingerprint density at radius 1 is 1.09 bits per heavy atom. The number of hydrogen-bond donors (Lipinski definition) is 3. The Hall–Kier alpha value is -2.39. The van der Waals surface area contributed by atoms with Gasteiger partial charge in [-0.05, 0) is 48.7 Å². The maximum Gasteiger partial charge on any atom is 0.175 e. The summed E-state index contributed by atoms with van der Waals surface area (Å²) in [5, 5.41) is 25.1. The van der Waals surface area contributed by atoms with E-state index in [0.717, 1.165) is 0 Å². The Kier molecular flexibility index (Phi) is 6.31. The summed E-state index contributed by atoms with van der Waals surface area (Å²) in [6.45, 7) is 1.55. The molecule has 1 unspecified atom stereocenters. The van der Waals surface area contributed by atoms with E-state index in [-0.39, 0.29) is 4.90 Å². The van der Waals surface area contributed by atoms with Crippen molar-refractivity contribution >= 4 is 20.7 Å². The highest BCUT2D eigenvalue weighted by molar-refractivity contribution is 7.90. The zero-order valence-corrected chi connectivity index (χ0v) is 19.2. The molecule has 32 heavy (non-hydrogen) atoms. The van der Waals surface area contributed by atoms with E-state index >= 15 is 0 Å². The predicted octanol–water partition coefficient (Wildman–Crippen LogP) is 2.25. The first-order valence-electron chi connectivity index (χ1n) is 10.7. The molecule has 1 saturated carbocycles. The molecule has 0 saturated heterocycles. The van der Waals surface area contributed by atoms with Gasteiger partial charge in [-0.25, -0.2) is 8.42 Å². The number of rotatable bonds is 8. The highest BCUT2D eigenvalue weighted by Gasteiger charge is 2.44. The van der Waals surface area contributed by atoms with E-state index in [0.29, 0.717) is 38.3 Å². The fourth-order valence-corrected chi connectivity index (χ4v) is 5.23. The van der Waals surface area contributed by atoms with E-state index < -0.39 is 27.5 Å². The van der Waals surface area contributed by atoms with Crippen LogP contribution in [0.4, 0.5) is 0 Å². The summed E-state index contributed by atoms with van der Waals surface area (Å²) in [6.07, 6.45) is 2.57. The van der Waals surface area contributed by atoms with Crippen LogP contribution in [0, 0.1) is 5.41 Å². The summed E-state index contributed by atoms with van der Waals surface area (Å²) in [5.74, 6) is 0.557. The van der Waals surface area contributed by atoms with Crippen molar-refractivity contribution in [1.82, 2.24) is 9.88 Å². The summed E-state index contributed by atoms with van der Waals surface area (Å²) in [7, 11) is -1.23. The van der Waals surface area contributed by atoms with E-state index in [1.165, 1.54) is 34.9 Å². The number of aliphatic hydroxyl groups excluding tert-OH is 2. The summed E-state index contributed by atoms with van der Waals surface area (Å²) in [4.78, 5) is 0.239. The normalized spacial score (nSPS) is 23.6. The quantitative estimate of drug-likeness (QED) is 0.479. The van der Waals surface area contributed by atoms with Crippen molar-refractivity contribution in [3.63, 3.8) is 0 Å². The first kappa shape index (κ1) is 22.8. The fraction of sp³-hybridized carbons (Fsp3) is 0.417. The number of para-hydroxylation sites is 1. The number of hydrogen-bond acceptors (Lipinski definition) is 6. The molecule has 8 heteroatoms. The molecule has 0 aliphatic heterocycles. The van der Waals surface area contributed by atoms with Gasteiger partial charge in [0.2, 0.25) is 0 Å². The van der Waals surface area contributed by atoms with Crippen LogP contribution >= 0.6 is 0 Å². The SMILES string of the molecule is Cn1cc(CNCC2(COc3ccc(S(C)(=O)=O)cc3)C[C@@H](O)[C@@H](O)C2)c2ccccc21. The first-order valence-corrected chi connectivity index (χ1v) is 12.6. The van der Waals surface area contributed by atoms with Crippen molar-refractivity contribution in [1.29, 1.82) is 0 Å². The Labute approximate surface area is 188 Å². The molecule has 1 heterocycles. The lowest BCUT2D eigenvalue weighted by atomic mass is 9.86. The van der Waals surface area contributed by atoms with Gasteiger partial charge in [0.25, 0.3) is 0 Å². The van der Waals surface area contributed by atoms with E-state index in [1.807, 2.05) is 19.2 Å². The molecule has 1 aliphatic carbocycles. The first-order chi connectivity index (χ1) is 15.2. The molecular weight excluding hydrogens is 428 g/mol. The average Bonchev–Trinajstić information content (AvgIpc) is 3.23. The number of aliphatic hydroxyl groups is 2. The summed E-state index contributed by atoms with van der Waals surface area (Å²) < 4.78 is 31.4. The zero-order chi connectivity index (χ0) is 22.9. The highest BCUT2D eigenvalue weighted by atomic mass is 32.2. The molecule has 1 aromatic heterocycles. The standard InChI is InChI=1S/C24H30N2O5S/c1-26-14-17(20-5-3-4-6-21(20)26)13-25-15-24(11-22(27)23(28)12-24)16-31-18-7-9-19(10-8-18)32(2,29)30/h3-10,14,22-23,25,27-28H,11-13,15-16H2,1-2H3/t22-,23+,24?. The molecule has 1 aliphatic rings. The lowest BCUT2D eigenvalue weighted by molar-refractivity contribution is 0.0438. The third-order valence-corrected chi connectivity index (χ3v) is 7.45. The number of sulfone groups is 1. The summed E-state index contributed by atoms with van der Waals surface area (Å²) in [5.41, 5.74) is 1.93. The van der Waals surface area contributed by atoms with Crippen molar-refractivity contribution < 1.29 is 23.4 Å². The Balaban J connectivity index is 1.43. The number of aryl methyl sites for hydroxylation is 1. The smallest absolute Gasteiger partial charge is 0.175 e. The molecule has 4 rings (SSSR count). The topological polar surface area (TPSA) is 101 Å². The molecule has 1 fully saturated rings. The van der Waals surface area contributed by atoms with Crippen molar-refractivity contribution in [2.75, 3.05) is 19.4 Å². The second-order valence-corrected chi connectivity index (χ2v) is 11.0. The van der Waals surface area contributed by atoms with Gasteiger partial charge in [0, 0.05) is 48.9 Å². The molecule has 0 amide bonds. The maximum atomic E-state index is 11.6. The molecule has 3 atom stereocenters. The van der Waals surface area contributed by atoms with Gasteiger partial charge in [-0.15, -0.1) is 0 Å². The molecule has 3 aromatic rings. The second-order valence-electron chi connectivity index (χ2n) is 8.96. The van der Waals surface area contributed by atoms with Crippen molar-refractivity contribution in [3.05, 3.63) is 60.3 Å². The van der Waals surface area contributed by atoms with Gasteiger partial charge in [0.1, 0.15) is 5.75 Å². The third kappa shape index (κ3) is 4.83. The molecule has 172 valence electrons. The number of aromatic nitrogens is 1. The molecule has 0 spiro atoms. The van der Waals surface area contributed by atoms with Crippen molar-refractivity contribution in [2.45, 2.75) is 36.5 Å². The summed E-state index contributed by atoms with van der Waals surface area (Å²) in [6, 6.07) is 14.6. The number of ether oxygens (including phenoxy) is 1. The van der Waals surface area contributed by atoms with Crippen LogP contribution in [0.3, 0.4) is 0 Å². The van der Waals surface area contributed by atoms with E-state index in [2.05, 4.69) is 28.2 Å². The van der Waals surface area contributed by atoms with E-state index in [1.54, 1.807) is 12.1 Å². The number of benzene rings is 2. The molecule has 0 radical (unpaired) electrons. The van der Waals surface area contributed by atoms with Crippen LogP contribution in [0.2, 0.25) is 0 Å². The van der Waals surface area contributed by atoms with Crippen LogP contribution in [0.15, 0.2) is 59.6 Å². The monoisotopic (exact) mass is 458 g/mol. The Morgan fingerprint density at radius 3 is 2.41 bits per heavy atom. The second kappa shape index (κ2) is 8.86. The van der Waals surface area contributed by atoms with Crippen LogP contribution in [0.5, 0.6) is 5.75 Å². The fourth-order valence-electron chi connectivity index (χ4n) is 4.60. The molecule has 0 bridgehead atoms. The van der Waals surface area contributed by atoms with Crippen molar-refractivity contribution in [3.8, 4) is 5.75 Å². The molecule has 7 nitrogen and oxygen atoms in total. The van der Waals surface area contributed by atoms with Crippen molar-refractivity contribution in [2.24, 2.45) is 12.5 Å². The van der Waals surface area contributed by atoms with Crippen LogP contribution < -0.4 is 10.1 Å². The maximum absolute atomic E-state index is 11.6. The van der Waals surface area contributed by atoms with Gasteiger partial charge in [-0.2, -0.15) is 0 Å². The number of nitrogens with one attached hydrogen (secondary N) is 1. The Morgan fingerprint density at radius 2 is 1.75 bits per heavy atom. The Bertz CT molecular complexity index is 1180. The van der Waals surface area contributed by atoms with Gasteiger partial charge in [-0.3, -0.25) is 0 Å². The lowest BCUT2D eigenvalue weighted by Crippen LogP contribution is -2.37. The molecular formula is C24H30N2O5S. The van der Waals surface area contributed by atoms with E-state index in [9.17, 15) is 18.6 Å². The molecule has 3 N–H and O–H groups in total. The van der Waals surface area contributed by atoms with Crippen LogP contribution in [0.1, 0.15) is 18.4 Å². The minimum Gasteiger partial charge on any atom is -0.493 e. The average molecular weight is 459 g/mol. The van der Waals surface area contributed by atoms with Gasteiger partial charge < -0.3 is 24.8 Å². The number of nitrogens with zero attached hydrogens (tertiary/aromatic N) is 1. The van der Waals surface area contributed by atoms with Gasteiger partial charge in [0.15, 0.2) is 9.84 Å².